The maximum atomic E-state index is 12.7. The van der Waals surface area contributed by atoms with Crippen LogP contribution in [0.15, 0.2) is 54.9 Å². The third-order valence-corrected chi connectivity index (χ3v) is 6.96. The van der Waals surface area contributed by atoms with E-state index >= 15 is 0 Å². The van der Waals surface area contributed by atoms with Crippen LogP contribution in [0.5, 0.6) is 0 Å². The Bertz CT molecular complexity index is 1190. The molecule has 8 heteroatoms. The van der Waals surface area contributed by atoms with E-state index in [-0.39, 0.29) is 24.6 Å². The number of fused-ring (bicyclic) bond motifs is 1. The van der Waals surface area contributed by atoms with Crippen LogP contribution >= 0.6 is 0 Å². The van der Waals surface area contributed by atoms with Crippen molar-refractivity contribution in [3.63, 3.8) is 0 Å². The average molecular weight is 489 g/mol. The quantitative estimate of drug-likeness (QED) is 0.479. The Morgan fingerprint density at radius 3 is 2.50 bits per heavy atom. The number of carbonyl (C=O) groups excluding carboxylic acids is 2. The molecule has 2 aliphatic heterocycles. The Morgan fingerprint density at radius 2 is 1.75 bits per heavy atom. The number of hydrogen-bond donors (Lipinski definition) is 1. The number of piperidine rings is 1. The van der Waals surface area contributed by atoms with Crippen molar-refractivity contribution in [3.8, 4) is 0 Å². The minimum Gasteiger partial charge on any atom is -0.353 e. The third-order valence-electron chi connectivity index (χ3n) is 6.96. The Morgan fingerprint density at radius 1 is 0.972 bits per heavy atom. The number of nitrogens with one attached hydrogen (secondary N) is 1. The number of anilines is 1. The highest BCUT2D eigenvalue weighted by Crippen LogP contribution is 2.21. The summed E-state index contributed by atoms with van der Waals surface area (Å²) in [5, 5.41) is 5.29. The Hall–Kier alpha value is -3.36. The monoisotopic (exact) mass is 488 g/mol. The molecule has 3 aromatic rings. The molecule has 5 rings (SSSR count). The second-order valence-corrected chi connectivity index (χ2v) is 9.50. The molecule has 1 amide bonds. The second-order valence-electron chi connectivity index (χ2n) is 9.50. The molecule has 1 N–H and O–H groups in total. The van der Waals surface area contributed by atoms with Crippen molar-refractivity contribution in [1.82, 2.24) is 15.3 Å². The van der Waals surface area contributed by atoms with Crippen molar-refractivity contribution in [2.75, 3.05) is 37.7 Å². The number of rotatable bonds is 8. The molecular weight excluding hydrogens is 456 g/mol. The fraction of sp³-hybridized carbons (Fsp3) is 0.429. The van der Waals surface area contributed by atoms with Gasteiger partial charge in [0, 0.05) is 44.2 Å². The molecule has 2 aliphatic rings. The maximum Gasteiger partial charge on any atom is 0.251 e. The van der Waals surface area contributed by atoms with Gasteiger partial charge in [-0.1, -0.05) is 30.3 Å². The van der Waals surface area contributed by atoms with Gasteiger partial charge in [-0.05, 0) is 60.9 Å². The minimum absolute atomic E-state index is 0.0241. The van der Waals surface area contributed by atoms with E-state index < -0.39 is 0 Å². The topological polar surface area (TPSA) is 93.7 Å². The molecule has 2 aromatic carbocycles. The molecule has 0 saturated carbocycles. The van der Waals surface area contributed by atoms with Crippen LogP contribution in [0.1, 0.15) is 52.8 Å². The summed E-state index contributed by atoms with van der Waals surface area (Å²) in [5.41, 5.74) is 1.13. The van der Waals surface area contributed by atoms with Gasteiger partial charge in [-0.25, -0.2) is 9.97 Å². The first-order valence-corrected chi connectivity index (χ1v) is 12.8. The largest absolute Gasteiger partial charge is 0.353 e. The van der Waals surface area contributed by atoms with Crippen LogP contribution < -0.4 is 10.2 Å². The lowest BCUT2D eigenvalue weighted by molar-refractivity contribution is -0.155. The van der Waals surface area contributed by atoms with Gasteiger partial charge in [0.15, 0.2) is 12.1 Å². The number of Topliss-reactive ketones (excluding diaryl/α,β-unsaturated/α-hetero) is 1. The first-order chi connectivity index (χ1) is 17.7. The number of hydrogen-bond acceptors (Lipinski definition) is 7. The molecule has 8 nitrogen and oxygen atoms in total. The number of amides is 1. The molecule has 1 atom stereocenters. The number of carbonyl (C=O) groups is 2. The number of ether oxygens (including phenoxy) is 2. The lowest BCUT2D eigenvalue weighted by atomic mass is 9.97. The number of nitrogens with zero attached hydrogens (tertiary/aromatic N) is 3. The summed E-state index contributed by atoms with van der Waals surface area (Å²) in [6.45, 7) is 2.93. The predicted molar refractivity (Wildman–Crippen MR) is 137 cm³/mol. The molecule has 0 radical (unpaired) electrons. The van der Waals surface area contributed by atoms with Crippen LogP contribution in [-0.2, 0) is 9.47 Å². The summed E-state index contributed by atoms with van der Waals surface area (Å²) in [6, 6.07) is 13.8. The summed E-state index contributed by atoms with van der Waals surface area (Å²) in [6.07, 6.45) is 7.67. The van der Waals surface area contributed by atoms with E-state index in [4.69, 9.17) is 9.47 Å². The zero-order valence-electron chi connectivity index (χ0n) is 20.4. The highest BCUT2D eigenvalue weighted by molar-refractivity contribution is 5.98. The minimum atomic E-state index is -0.290. The fourth-order valence-electron chi connectivity index (χ4n) is 4.73. The molecular formula is C28H32N4O4. The van der Waals surface area contributed by atoms with Gasteiger partial charge in [-0.3, -0.25) is 9.59 Å². The number of benzene rings is 2. The predicted octanol–water partition coefficient (Wildman–Crippen LogP) is 4.00. The van der Waals surface area contributed by atoms with Crippen LogP contribution in [0.4, 0.5) is 5.95 Å². The van der Waals surface area contributed by atoms with E-state index in [0.29, 0.717) is 36.1 Å². The molecule has 1 aromatic heterocycles. The summed E-state index contributed by atoms with van der Waals surface area (Å²) in [4.78, 5) is 36.0. The lowest BCUT2D eigenvalue weighted by Crippen LogP contribution is -2.39. The van der Waals surface area contributed by atoms with E-state index in [2.05, 4.69) is 20.2 Å². The van der Waals surface area contributed by atoms with Crippen molar-refractivity contribution in [2.45, 2.75) is 38.4 Å². The standard InChI is InChI=1S/C28H32N4O4/c33-25(19-36-26-7-3-4-14-35-26)24-17-30-28(31-18-24)32-12-10-20(11-13-32)16-29-27(34)23-9-8-21-5-1-2-6-22(21)15-23/h1-2,5-6,8-9,15,17-18,20,26H,3-4,7,10-14,16,19H2,(H,29,34). The van der Waals surface area contributed by atoms with Gasteiger partial charge in [0.1, 0.15) is 6.61 Å². The van der Waals surface area contributed by atoms with E-state index in [1.807, 2.05) is 42.5 Å². The highest BCUT2D eigenvalue weighted by Gasteiger charge is 2.22. The van der Waals surface area contributed by atoms with Crippen molar-refractivity contribution in [2.24, 2.45) is 5.92 Å². The van der Waals surface area contributed by atoms with E-state index in [0.717, 1.165) is 56.0 Å². The molecule has 36 heavy (non-hydrogen) atoms. The Balaban J connectivity index is 1.06. The van der Waals surface area contributed by atoms with Gasteiger partial charge in [0.2, 0.25) is 5.95 Å². The lowest BCUT2D eigenvalue weighted by Gasteiger charge is -2.32. The molecule has 0 spiro atoms. The van der Waals surface area contributed by atoms with Crippen molar-refractivity contribution < 1.29 is 19.1 Å². The summed E-state index contributed by atoms with van der Waals surface area (Å²) in [5.74, 6) is 0.856. The highest BCUT2D eigenvalue weighted by atomic mass is 16.7. The van der Waals surface area contributed by atoms with E-state index in [1.165, 1.54) is 0 Å². The van der Waals surface area contributed by atoms with Crippen LogP contribution in [0, 0.1) is 5.92 Å². The smallest absolute Gasteiger partial charge is 0.251 e. The van der Waals surface area contributed by atoms with E-state index in [1.54, 1.807) is 12.4 Å². The summed E-state index contributed by atoms with van der Waals surface area (Å²) >= 11 is 0. The van der Waals surface area contributed by atoms with Crippen LogP contribution in [0.2, 0.25) is 0 Å². The van der Waals surface area contributed by atoms with Crippen molar-refractivity contribution >= 4 is 28.4 Å². The average Bonchev–Trinajstić information content (AvgIpc) is 2.95. The third kappa shape index (κ3) is 6.06. The van der Waals surface area contributed by atoms with Gasteiger partial charge in [0.05, 0.1) is 5.56 Å². The zero-order valence-corrected chi connectivity index (χ0v) is 20.4. The van der Waals surface area contributed by atoms with E-state index in [9.17, 15) is 9.59 Å². The first kappa shape index (κ1) is 24.3. The first-order valence-electron chi connectivity index (χ1n) is 12.8. The Kier molecular flexibility index (Phi) is 7.83. The van der Waals surface area contributed by atoms with Crippen LogP contribution in [0.3, 0.4) is 0 Å². The van der Waals surface area contributed by atoms with Crippen LogP contribution in [0.25, 0.3) is 10.8 Å². The van der Waals surface area contributed by atoms with Crippen molar-refractivity contribution in [1.29, 1.82) is 0 Å². The molecule has 3 heterocycles. The van der Waals surface area contributed by atoms with Gasteiger partial charge >= 0.3 is 0 Å². The molecule has 1 unspecified atom stereocenters. The van der Waals surface area contributed by atoms with Crippen molar-refractivity contribution in [3.05, 3.63) is 66.0 Å². The molecule has 0 aliphatic carbocycles. The molecule has 2 saturated heterocycles. The second kappa shape index (κ2) is 11.6. The summed E-state index contributed by atoms with van der Waals surface area (Å²) < 4.78 is 11.1. The number of aromatic nitrogens is 2. The van der Waals surface area contributed by atoms with Gasteiger partial charge in [0.25, 0.3) is 5.91 Å². The zero-order chi connectivity index (χ0) is 24.7. The molecule has 0 bridgehead atoms. The van der Waals surface area contributed by atoms with Gasteiger partial charge in [-0.2, -0.15) is 0 Å². The molecule has 188 valence electrons. The van der Waals surface area contributed by atoms with Crippen LogP contribution in [-0.4, -0.2) is 60.8 Å². The Labute approximate surface area is 211 Å². The number of ketones is 1. The summed E-state index contributed by atoms with van der Waals surface area (Å²) in [7, 11) is 0. The SMILES string of the molecule is O=C(COC1CCCCO1)c1cnc(N2CCC(CNC(=O)c3ccc4ccccc4c3)CC2)nc1. The normalized spacial score (nSPS) is 18.8. The van der Waals surface area contributed by atoms with Gasteiger partial charge in [-0.15, -0.1) is 0 Å². The molecule has 2 fully saturated rings. The van der Waals surface area contributed by atoms with Gasteiger partial charge < -0.3 is 19.7 Å². The fourth-order valence-corrected chi connectivity index (χ4v) is 4.73. The maximum absolute atomic E-state index is 12.7.